The van der Waals surface area contributed by atoms with Crippen molar-refractivity contribution in [2.45, 2.75) is 38.8 Å². The highest BCUT2D eigenvalue weighted by Gasteiger charge is 2.36. The minimum absolute atomic E-state index is 0.542. The second-order valence-electron chi connectivity index (χ2n) is 6.85. The molecule has 0 saturated carbocycles. The number of hydrogen-bond donors (Lipinski definition) is 1. The molecule has 1 aromatic rings. The SMILES string of the molecule is COCc1cccc(CN2CCCC3(CCCNC3)C2)c1. The Labute approximate surface area is 128 Å². The molecule has 0 aliphatic carbocycles. The van der Waals surface area contributed by atoms with Crippen LogP contribution >= 0.6 is 0 Å². The van der Waals surface area contributed by atoms with E-state index in [2.05, 4.69) is 34.5 Å². The van der Waals surface area contributed by atoms with E-state index < -0.39 is 0 Å². The van der Waals surface area contributed by atoms with Gasteiger partial charge in [0.15, 0.2) is 0 Å². The summed E-state index contributed by atoms with van der Waals surface area (Å²) < 4.78 is 5.24. The molecule has 21 heavy (non-hydrogen) atoms. The van der Waals surface area contributed by atoms with Crippen LogP contribution < -0.4 is 5.32 Å². The van der Waals surface area contributed by atoms with Gasteiger partial charge in [-0.3, -0.25) is 4.90 Å². The summed E-state index contributed by atoms with van der Waals surface area (Å²) in [6.07, 6.45) is 5.50. The van der Waals surface area contributed by atoms with Crippen molar-refractivity contribution in [1.29, 1.82) is 0 Å². The third kappa shape index (κ3) is 3.85. The molecule has 3 nitrogen and oxygen atoms in total. The van der Waals surface area contributed by atoms with Gasteiger partial charge in [0, 0.05) is 26.7 Å². The van der Waals surface area contributed by atoms with E-state index in [9.17, 15) is 0 Å². The van der Waals surface area contributed by atoms with Gasteiger partial charge in [-0.05, 0) is 55.3 Å². The van der Waals surface area contributed by atoms with E-state index in [0.29, 0.717) is 12.0 Å². The molecule has 0 radical (unpaired) electrons. The van der Waals surface area contributed by atoms with E-state index in [1.807, 2.05) is 0 Å². The maximum absolute atomic E-state index is 5.24. The van der Waals surface area contributed by atoms with Crippen LogP contribution in [0.4, 0.5) is 0 Å². The quantitative estimate of drug-likeness (QED) is 0.922. The average Bonchev–Trinajstić information content (AvgIpc) is 2.49. The normalized spacial score (nSPS) is 27.1. The third-order valence-corrected chi connectivity index (χ3v) is 5.01. The van der Waals surface area contributed by atoms with Crippen LogP contribution in [0.1, 0.15) is 36.8 Å². The summed E-state index contributed by atoms with van der Waals surface area (Å²) in [5.41, 5.74) is 3.24. The molecule has 2 aliphatic rings. The van der Waals surface area contributed by atoms with Crippen molar-refractivity contribution in [2.24, 2.45) is 5.41 Å². The molecule has 2 heterocycles. The fourth-order valence-electron chi connectivity index (χ4n) is 4.07. The predicted molar refractivity (Wildman–Crippen MR) is 86.2 cm³/mol. The topological polar surface area (TPSA) is 24.5 Å². The minimum atomic E-state index is 0.542. The summed E-state index contributed by atoms with van der Waals surface area (Å²) in [7, 11) is 1.76. The van der Waals surface area contributed by atoms with Crippen molar-refractivity contribution in [3.63, 3.8) is 0 Å². The first-order valence-electron chi connectivity index (χ1n) is 8.30. The van der Waals surface area contributed by atoms with Crippen LogP contribution in [0.5, 0.6) is 0 Å². The molecule has 2 aliphatic heterocycles. The molecule has 2 fully saturated rings. The van der Waals surface area contributed by atoms with Gasteiger partial charge in [0.2, 0.25) is 0 Å². The molecule has 116 valence electrons. The van der Waals surface area contributed by atoms with Gasteiger partial charge in [0.25, 0.3) is 0 Å². The van der Waals surface area contributed by atoms with Gasteiger partial charge in [0.1, 0.15) is 0 Å². The highest BCUT2D eigenvalue weighted by atomic mass is 16.5. The number of benzene rings is 1. The maximum Gasteiger partial charge on any atom is 0.0713 e. The van der Waals surface area contributed by atoms with Crippen molar-refractivity contribution in [2.75, 3.05) is 33.3 Å². The molecule has 1 unspecified atom stereocenters. The van der Waals surface area contributed by atoms with E-state index in [1.165, 1.54) is 63.0 Å². The van der Waals surface area contributed by atoms with Crippen LogP contribution in [0.3, 0.4) is 0 Å². The Morgan fingerprint density at radius 1 is 1.24 bits per heavy atom. The first-order chi connectivity index (χ1) is 10.3. The van der Waals surface area contributed by atoms with Crippen LogP contribution in [-0.4, -0.2) is 38.2 Å². The molecule has 1 spiro atoms. The Hall–Kier alpha value is -0.900. The zero-order valence-corrected chi connectivity index (χ0v) is 13.2. The monoisotopic (exact) mass is 288 g/mol. The van der Waals surface area contributed by atoms with E-state index in [-0.39, 0.29) is 0 Å². The van der Waals surface area contributed by atoms with Gasteiger partial charge in [0.05, 0.1) is 6.61 Å². The fourth-order valence-corrected chi connectivity index (χ4v) is 4.07. The molecule has 1 N–H and O–H groups in total. The number of likely N-dealkylation sites (tertiary alicyclic amines) is 1. The van der Waals surface area contributed by atoms with Crippen LogP contribution in [0.2, 0.25) is 0 Å². The summed E-state index contributed by atoms with van der Waals surface area (Å²) in [5.74, 6) is 0. The fraction of sp³-hybridized carbons (Fsp3) is 0.667. The first-order valence-corrected chi connectivity index (χ1v) is 8.30. The minimum Gasteiger partial charge on any atom is -0.380 e. The summed E-state index contributed by atoms with van der Waals surface area (Å²) >= 11 is 0. The van der Waals surface area contributed by atoms with Crippen LogP contribution in [0.15, 0.2) is 24.3 Å². The first kappa shape index (κ1) is 15.0. The molecule has 0 aromatic heterocycles. The second kappa shape index (κ2) is 6.91. The van der Waals surface area contributed by atoms with E-state index in [1.54, 1.807) is 7.11 Å². The second-order valence-corrected chi connectivity index (χ2v) is 6.85. The van der Waals surface area contributed by atoms with Crippen LogP contribution in [0.25, 0.3) is 0 Å². The zero-order chi connectivity index (χ0) is 14.5. The Bertz CT molecular complexity index is 449. The molecular formula is C18H28N2O. The van der Waals surface area contributed by atoms with Gasteiger partial charge in [-0.2, -0.15) is 0 Å². The maximum atomic E-state index is 5.24. The lowest BCUT2D eigenvalue weighted by Gasteiger charge is -2.45. The average molecular weight is 288 g/mol. The number of piperidine rings is 2. The molecule has 1 atom stereocenters. The van der Waals surface area contributed by atoms with Crippen molar-refractivity contribution < 1.29 is 4.74 Å². The Balaban J connectivity index is 1.63. The van der Waals surface area contributed by atoms with Crippen molar-refractivity contribution >= 4 is 0 Å². The lowest BCUT2D eigenvalue weighted by Crippen LogP contribution is -2.50. The van der Waals surface area contributed by atoms with Crippen LogP contribution in [-0.2, 0) is 17.9 Å². The Morgan fingerprint density at radius 2 is 2.10 bits per heavy atom. The highest BCUT2D eigenvalue weighted by Crippen LogP contribution is 2.36. The number of hydrogen-bond acceptors (Lipinski definition) is 3. The number of methoxy groups -OCH3 is 1. The zero-order valence-electron chi connectivity index (χ0n) is 13.2. The van der Waals surface area contributed by atoms with Crippen molar-refractivity contribution in [3.05, 3.63) is 35.4 Å². The number of rotatable bonds is 4. The van der Waals surface area contributed by atoms with Gasteiger partial charge in [-0.25, -0.2) is 0 Å². The number of nitrogens with zero attached hydrogens (tertiary/aromatic N) is 1. The van der Waals surface area contributed by atoms with Gasteiger partial charge >= 0.3 is 0 Å². The molecule has 3 heteroatoms. The Kier molecular flexibility index (Phi) is 4.94. The van der Waals surface area contributed by atoms with Crippen molar-refractivity contribution in [3.8, 4) is 0 Å². The molecule has 0 amide bonds. The molecule has 1 aromatic carbocycles. The summed E-state index contributed by atoms with van der Waals surface area (Å²) in [5, 5.41) is 3.61. The van der Waals surface area contributed by atoms with Crippen LogP contribution in [0, 0.1) is 5.41 Å². The van der Waals surface area contributed by atoms with E-state index in [0.717, 1.165) is 6.54 Å². The number of nitrogens with one attached hydrogen (secondary N) is 1. The number of ether oxygens (including phenoxy) is 1. The molecular weight excluding hydrogens is 260 g/mol. The molecule has 0 bridgehead atoms. The summed E-state index contributed by atoms with van der Waals surface area (Å²) in [6.45, 7) is 6.72. The van der Waals surface area contributed by atoms with Gasteiger partial charge < -0.3 is 10.1 Å². The predicted octanol–water partition coefficient (Wildman–Crippen LogP) is 2.80. The molecule has 2 saturated heterocycles. The Morgan fingerprint density at radius 3 is 2.90 bits per heavy atom. The standard InChI is InChI=1S/C18H28N2O/c1-21-13-17-6-2-5-16(11-17)12-20-10-4-8-18(15-20)7-3-9-19-14-18/h2,5-6,11,19H,3-4,7-10,12-15H2,1H3. The lowest BCUT2D eigenvalue weighted by molar-refractivity contribution is 0.0600. The summed E-state index contributed by atoms with van der Waals surface area (Å²) in [4.78, 5) is 2.66. The van der Waals surface area contributed by atoms with Gasteiger partial charge in [-0.1, -0.05) is 24.3 Å². The molecule has 3 rings (SSSR count). The lowest BCUT2D eigenvalue weighted by atomic mass is 9.74. The van der Waals surface area contributed by atoms with Gasteiger partial charge in [-0.15, -0.1) is 0 Å². The van der Waals surface area contributed by atoms with Crippen molar-refractivity contribution in [1.82, 2.24) is 10.2 Å². The van der Waals surface area contributed by atoms with E-state index in [4.69, 9.17) is 4.74 Å². The smallest absolute Gasteiger partial charge is 0.0713 e. The third-order valence-electron chi connectivity index (χ3n) is 5.01. The largest absolute Gasteiger partial charge is 0.380 e. The highest BCUT2D eigenvalue weighted by molar-refractivity contribution is 5.23. The van der Waals surface area contributed by atoms with E-state index >= 15 is 0 Å². The summed E-state index contributed by atoms with van der Waals surface area (Å²) in [6, 6.07) is 8.85.